The second kappa shape index (κ2) is 6.15. The Hall–Kier alpha value is -0.900. The molecule has 0 bridgehead atoms. The first-order valence-corrected chi connectivity index (χ1v) is 6.91. The Morgan fingerprint density at radius 2 is 2.18 bits per heavy atom. The highest BCUT2D eigenvalue weighted by molar-refractivity contribution is 4.85. The Balaban J connectivity index is 1.80. The molecule has 0 radical (unpaired) electrons. The predicted octanol–water partition coefficient (Wildman–Crippen LogP) is 2.36. The summed E-state index contributed by atoms with van der Waals surface area (Å²) in [6, 6.07) is 0.595. The number of hydrogen-bond acceptors (Lipinski definition) is 3. The normalized spacial score (nSPS) is 19.4. The monoisotopic (exact) mass is 236 g/mol. The Bertz CT molecular complexity index is 328. The van der Waals surface area contributed by atoms with Crippen LogP contribution in [0, 0.1) is 5.92 Å². The molecular formula is C13H24N4. The van der Waals surface area contributed by atoms with E-state index in [1.165, 1.54) is 32.1 Å². The summed E-state index contributed by atoms with van der Waals surface area (Å²) >= 11 is 0. The van der Waals surface area contributed by atoms with Gasteiger partial charge >= 0.3 is 0 Å². The van der Waals surface area contributed by atoms with Crippen molar-refractivity contribution < 1.29 is 0 Å². The second-order valence-electron chi connectivity index (χ2n) is 5.06. The Morgan fingerprint density at radius 3 is 2.88 bits per heavy atom. The molecule has 1 atom stereocenters. The predicted molar refractivity (Wildman–Crippen MR) is 68.6 cm³/mol. The molecule has 1 aromatic rings. The van der Waals surface area contributed by atoms with Crippen molar-refractivity contribution in [1.29, 1.82) is 0 Å². The second-order valence-corrected chi connectivity index (χ2v) is 5.06. The van der Waals surface area contributed by atoms with Crippen LogP contribution in [-0.2, 0) is 13.1 Å². The van der Waals surface area contributed by atoms with E-state index in [-0.39, 0.29) is 0 Å². The molecule has 1 fully saturated rings. The number of rotatable bonds is 5. The Morgan fingerprint density at radius 1 is 1.41 bits per heavy atom. The first kappa shape index (κ1) is 12.6. The van der Waals surface area contributed by atoms with Crippen LogP contribution in [0.25, 0.3) is 0 Å². The Labute approximate surface area is 104 Å². The summed E-state index contributed by atoms with van der Waals surface area (Å²) < 4.78 is 1.96. The van der Waals surface area contributed by atoms with Crippen molar-refractivity contribution in [3.05, 3.63) is 12.2 Å². The number of hydrogen-bond donors (Lipinski definition) is 1. The van der Waals surface area contributed by atoms with Gasteiger partial charge in [0.05, 0.1) is 6.54 Å². The van der Waals surface area contributed by atoms with Crippen LogP contribution in [0.2, 0.25) is 0 Å². The van der Waals surface area contributed by atoms with Gasteiger partial charge in [0.15, 0.2) is 0 Å². The summed E-state index contributed by atoms with van der Waals surface area (Å²) in [4.78, 5) is 4.29. The topological polar surface area (TPSA) is 42.7 Å². The first-order valence-electron chi connectivity index (χ1n) is 6.91. The molecule has 0 aromatic carbocycles. The van der Waals surface area contributed by atoms with E-state index in [0.29, 0.717) is 6.04 Å². The minimum absolute atomic E-state index is 0.595. The van der Waals surface area contributed by atoms with Gasteiger partial charge in [-0.2, -0.15) is 5.10 Å². The summed E-state index contributed by atoms with van der Waals surface area (Å²) in [6.45, 7) is 6.14. The molecule has 0 amide bonds. The van der Waals surface area contributed by atoms with E-state index < -0.39 is 0 Å². The van der Waals surface area contributed by atoms with Gasteiger partial charge < -0.3 is 5.32 Å². The van der Waals surface area contributed by atoms with Crippen molar-refractivity contribution in [3.8, 4) is 0 Å². The molecule has 2 rings (SSSR count). The molecular weight excluding hydrogens is 212 g/mol. The summed E-state index contributed by atoms with van der Waals surface area (Å²) in [6.07, 6.45) is 8.64. The zero-order valence-electron chi connectivity index (χ0n) is 11.0. The molecule has 1 saturated carbocycles. The zero-order chi connectivity index (χ0) is 12.1. The minimum Gasteiger partial charge on any atom is -0.307 e. The Kier molecular flexibility index (Phi) is 4.54. The van der Waals surface area contributed by atoms with Gasteiger partial charge in [0.1, 0.15) is 12.2 Å². The average Bonchev–Trinajstić information content (AvgIpc) is 2.84. The summed E-state index contributed by atoms with van der Waals surface area (Å²) in [7, 11) is 0. The highest BCUT2D eigenvalue weighted by Crippen LogP contribution is 2.26. The molecule has 0 aliphatic heterocycles. The van der Waals surface area contributed by atoms with E-state index in [4.69, 9.17) is 0 Å². The molecule has 17 heavy (non-hydrogen) atoms. The molecule has 1 aliphatic carbocycles. The van der Waals surface area contributed by atoms with Crippen molar-refractivity contribution in [2.24, 2.45) is 5.92 Å². The van der Waals surface area contributed by atoms with Gasteiger partial charge in [-0.1, -0.05) is 19.3 Å². The highest BCUT2D eigenvalue weighted by atomic mass is 15.3. The lowest BCUT2D eigenvalue weighted by atomic mass is 9.84. The van der Waals surface area contributed by atoms with Gasteiger partial charge in [0.2, 0.25) is 0 Å². The molecule has 0 unspecified atom stereocenters. The quantitative estimate of drug-likeness (QED) is 0.853. The maximum atomic E-state index is 4.29. The van der Waals surface area contributed by atoms with Crippen molar-refractivity contribution in [2.75, 3.05) is 0 Å². The van der Waals surface area contributed by atoms with Crippen LogP contribution in [0.3, 0.4) is 0 Å². The molecule has 0 spiro atoms. The van der Waals surface area contributed by atoms with Crippen LogP contribution >= 0.6 is 0 Å². The third kappa shape index (κ3) is 3.28. The van der Waals surface area contributed by atoms with Crippen LogP contribution in [0.4, 0.5) is 0 Å². The fourth-order valence-corrected chi connectivity index (χ4v) is 2.74. The molecule has 1 aliphatic rings. The van der Waals surface area contributed by atoms with E-state index in [0.717, 1.165) is 24.8 Å². The number of aromatic nitrogens is 3. The van der Waals surface area contributed by atoms with Crippen molar-refractivity contribution in [3.63, 3.8) is 0 Å². The van der Waals surface area contributed by atoms with Gasteiger partial charge in [0.25, 0.3) is 0 Å². The molecule has 1 N–H and O–H groups in total. The van der Waals surface area contributed by atoms with Gasteiger partial charge in [-0.05, 0) is 32.6 Å². The lowest BCUT2D eigenvalue weighted by molar-refractivity contribution is 0.278. The van der Waals surface area contributed by atoms with Crippen LogP contribution in [0.5, 0.6) is 0 Å². The van der Waals surface area contributed by atoms with E-state index in [2.05, 4.69) is 29.2 Å². The van der Waals surface area contributed by atoms with Crippen LogP contribution in [0.1, 0.15) is 51.8 Å². The SMILES string of the molecule is CCn1ncnc1CN[C@@H](C)C1CCCCC1. The third-order valence-electron chi connectivity index (χ3n) is 3.93. The van der Waals surface area contributed by atoms with E-state index in [1.54, 1.807) is 6.33 Å². The average molecular weight is 236 g/mol. The van der Waals surface area contributed by atoms with Crippen molar-refractivity contribution in [1.82, 2.24) is 20.1 Å². The van der Waals surface area contributed by atoms with Crippen LogP contribution in [0.15, 0.2) is 6.33 Å². The molecule has 4 nitrogen and oxygen atoms in total. The van der Waals surface area contributed by atoms with E-state index in [1.807, 2.05) is 4.68 Å². The van der Waals surface area contributed by atoms with Gasteiger partial charge in [-0.3, -0.25) is 0 Å². The molecule has 0 saturated heterocycles. The number of aryl methyl sites for hydroxylation is 1. The van der Waals surface area contributed by atoms with Crippen LogP contribution < -0.4 is 5.32 Å². The largest absolute Gasteiger partial charge is 0.307 e. The van der Waals surface area contributed by atoms with Crippen molar-refractivity contribution >= 4 is 0 Å². The summed E-state index contributed by atoms with van der Waals surface area (Å²) in [5.74, 6) is 1.90. The highest BCUT2D eigenvalue weighted by Gasteiger charge is 2.19. The lowest BCUT2D eigenvalue weighted by Crippen LogP contribution is -2.35. The zero-order valence-corrected chi connectivity index (χ0v) is 11.0. The maximum Gasteiger partial charge on any atom is 0.140 e. The fourth-order valence-electron chi connectivity index (χ4n) is 2.74. The smallest absolute Gasteiger partial charge is 0.140 e. The number of nitrogens with one attached hydrogen (secondary N) is 1. The maximum absolute atomic E-state index is 4.29. The molecule has 4 heteroatoms. The fraction of sp³-hybridized carbons (Fsp3) is 0.846. The van der Waals surface area contributed by atoms with Gasteiger partial charge in [-0.25, -0.2) is 9.67 Å². The molecule has 1 heterocycles. The standard InChI is InChI=1S/C13H24N4/c1-3-17-13(15-10-16-17)9-14-11(2)12-7-5-4-6-8-12/h10-12,14H,3-9H2,1-2H3/t11-/m0/s1. The third-order valence-corrected chi connectivity index (χ3v) is 3.93. The minimum atomic E-state index is 0.595. The number of nitrogens with zero attached hydrogens (tertiary/aromatic N) is 3. The molecule has 96 valence electrons. The van der Waals surface area contributed by atoms with Crippen LogP contribution in [-0.4, -0.2) is 20.8 Å². The lowest BCUT2D eigenvalue weighted by Gasteiger charge is -2.28. The first-order chi connectivity index (χ1) is 8.31. The van der Waals surface area contributed by atoms with E-state index >= 15 is 0 Å². The van der Waals surface area contributed by atoms with E-state index in [9.17, 15) is 0 Å². The van der Waals surface area contributed by atoms with Gasteiger partial charge in [-0.15, -0.1) is 0 Å². The van der Waals surface area contributed by atoms with Gasteiger partial charge in [0, 0.05) is 12.6 Å². The summed E-state index contributed by atoms with van der Waals surface area (Å²) in [5.41, 5.74) is 0. The molecule has 1 aromatic heterocycles. The van der Waals surface area contributed by atoms with Crippen molar-refractivity contribution in [2.45, 2.75) is 65.1 Å². The summed E-state index contributed by atoms with van der Waals surface area (Å²) in [5, 5.41) is 7.80.